The van der Waals surface area contributed by atoms with Crippen LogP contribution in [0.2, 0.25) is 0 Å². The predicted molar refractivity (Wildman–Crippen MR) is 101 cm³/mol. The number of benzene rings is 2. The first kappa shape index (κ1) is 20.7. The van der Waals surface area contributed by atoms with E-state index in [0.29, 0.717) is 6.61 Å². The van der Waals surface area contributed by atoms with Gasteiger partial charge in [0, 0.05) is 7.11 Å². The monoisotopic (exact) mass is 390 g/mol. The fraction of sp³-hybridized carbons (Fsp3) is 0.429. The lowest BCUT2D eigenvalue weighted by molar-refractivity contribution is -0.305. The van der Waals surface area contributed by atoms with Crippen LogP contribution in [0, 0.1) is 0 Å². The van der Waals surface area contributed by atoms with Gasteiger partial charge < -0.3 is 34.3 Å². The first-order valence-electron chi connectivity index (χ1n) is 9.15. The molecule has 7 nitrogen and oxygen atoms in total. The molecule has 1 aliphatic rings. The fourth-order valence-electron chi connectivity index (χ4n) is 3.04. The molecule has 0 saturated carbocycles. The van der Waals surface area contributed by atoms with E-state index in [1.165, 1.54) is 7.11 Å². The molecule has 0 unspecified atom stereocenters. The van der Waals surface area contributed by atoms with Crippen LogP contribution >= 0.6 is 0 Å². The van der Waals surface area contributed by atoms with E-state index < -0.39 is 37.3 Å². The number of aliphatic hydroxyl groups excluding tert-OH is 3. The topological polar surface area (TPSA) is 97.6 Å². The lowest BCUT2D eigenvalue weighted by atomic mass is 9.99. The van der Waals surface area contributed by atoms with E-state index in [4.69, 9.17) is 18.9 Å². The van der Waals surface area contributed by atoms with Crippen molar-refractivity contribution in [3.63, 3.8) is 0 Å². The lowest BCUT2D eigenvalue weighted by Gasteiger charge is -2.41. The van der Waals surface area contributed by atoms with Crippen molar-refractivity contribution in [3.05, 3.63) is 65.7 Å². The molecule has 28 heavy (non-hydrogen) atoms. The molecule has 0 aromatic heterocycles. The summed E-state index contributed by atoms with van der Waals surface area (Å²) >= 11 is 0. The highest BCUT2D eigenvalue weighted by molar-refractivity contribution is 5.27. The van der Waals surface area contributed by atoms with Crippen LogP contribution in [0.5, 0.6) is 5.75 Å². The third-order valence-electron chi connectivity index (χ3n) is 4.67. The number of methoxy groups -OCH3 is 1. The Kier molecular flexibility index (Phi) is 7.38. The largest absolute Gasteiger partial charge is 0.489 e. The molecule has 1 fully saturated rings. The summed E-state index contributed by atoms with van der Waals surface area (Å²) in [6.45, 7) is 0.261. The maximum Gasteiger partial charge on any atom is 0.186 e. The highest BCUT2D eigenvalue weighted by Crippen LogP contribution is 2.25. The Bertz CT molecular complexity index is 704. The van der Waals surface area contributed by atoms with Gasteiger partial charge in [0.25, 0.3) is 0 Å². The summed E-state index contributed by atoms with van der Waals surface area (Å²) in [5.74, 6) is 0.740. The second-order valence-corrected chi connectivity index (χ2v) is 6.64. The van der Waals surface area contributed by atoms with Gasteiger partial charge in [-0.05, 0) is 23.3 Å². The third kappa shape index (κ3) is 5.08. The van der Waals surface area contributed by atoms with Crippen molar-refractivity contribution in [3.8, 4) is 5.75 Å². The van der Waals surface area contributed by atoms with Crippen LogP contribution in [0.3, 0.4) is 0 Å². The van der Waals surface area contributed by atoms with Gasteiger partial charge in [-0.2, -0.15) is 0 Å². The third-order valence-corrected chi connectivity index (χ3v) is 4.67. The van der Waals surface area contributed by atoms with Crippen molar-refractivity contribution in [1.82, 2.24) is 0 Å². The quantitative estimate of drug-likeness (QED) is 0.624. The molecule has 0 spiro atoms. The summed E-state index contributed by atoms with van der Waals surface area (Å²) in [4.78, 5) is 0. The molecule has 0 aliphatic carbocycles. The highest BCUT2D eigenvalue weighted by Gasteiger charge is 2.45. The molecule has 152 valence electrons. The fourth-order valence-corrected chi connectivity index (χ4v) is 3.04. The van der Waals surface area contributed by atoms with Crippen LogP contribution in [0.15, 0.2) is 54.6 Å². The molecule has 2 aromatic rings. The Morgan fingerprint density at radius 1 is 0.893 bits per heavy atom. The van der Waals surface area contributed by atoms with Crippen LogP contribution < -0.4 is 4.74 Å². The Morgan fingerprint density at radius 2 is 1.57 bits per heavy atom. The molecule has 0 radical (unpaired) electrons. The summed E-state index contributed by atoms with van der Waals surface area (Å²) in [7, 11) is 1.42. The Hall–Kier alpha value is -2.00. The molecule has 0 bridgehead atoms. The first-order valence-corrected chi connectivity index (χ1v) is 9.15. The number of hydrogen-bond acceptors (Lipinski definition) is 7. The van der Waals surface area contributed by atoms with Crippen LogP contribution in [-0.2, 0) is 27.4 Å². The number of rotatable bonds is 8. The van der Waals surface area contributed by atoms with Gasteiger partial charge in [-0.25, -0.2) is 0 Å². The van der Waals surface area contributed by atoms with Crippen molar-refractivity contribution >= 4 is 0 Å². The van der Waals surface area contributed by atoms with Gasteiger partial charge >= 0.3 is 0 Å². The van der Waals surface area contributed by atoms with Crippen molar-refractivity contribution in [1.29, 1.82) is 0 Å². The average molecular weight is 390 g/mol. The zero-order chi connectivity index (χ0) is 19.9. The van der Waals surface area contributed by atoms with Gasteiger partial charge in [-0.1, -0.05) is 42.5 Å². The molecule has 2 aromatic carbocycles. The maximum atomic E-state index is 10.3. The minimum atomic E-state index is -1.25. The SMILES string of the molecule is CO[C@@H]1O[C@H](CO)[C@@H](O)[C@H](O)[C@H]1OCc1ccc(OCc2ccccc2)cc1. The van der Waals surface area contributed by atoms with Gasteiger partial charge in [-0.15, -0.1) is 0 Å². The summed E-state index contributed by atoms with van der Waals surface area (Å²) in [6, 6.07) is 17.3. The molecular formula is C21H26O7. The van der Waals surface area contributed by atoms with Crippen molar-refractivity contribution in [2.24, 2.45) is 0 Å². The molecule has 0 amide bonds. The second-order valence-electron chi connectivity index (χ2n) is 6.64. The van der Waals surface area contributed by atoms with E-state index in [-0.39, 0.29) is 6.61 Å². The number of hydrogen-bond donors (Lipinski definition) is 3. The Labute approximate surface area is 164 Å². The summed E-state index contributed by atoms with van der Waals surface area (Å²) < 4.78 is 22.1. The van der Waals surface area contributed by atoms with Gasteiger partial charge in [0.2, 0.25) is 0 Å². The minimum Gasteiger partial charge on any atom is -0.489 e. The first-order chi connectivity index (χ1) is 13.6. The summed E-state index contributed by atoms with van der Waals surface area (Å²) in [5.41, 5.74) is 1.96. The van der Waals surface area contributed by atoms with E-state index in [1.54, 1.807) is 0 Å². The zero-order valence-corrected chi connectivity index (χ0v) is 15.7. The van der Waals surface area contributed by atoms with E-state index in [0.717, 1.165) is 16.9 Å². The maximum absolute atomic E-state index is 10.3. The van der Waals surface area contributed by atoms with Crippen LogP contribution in [0.4, 0.5) is 0 Å². The van der Waals surface area contributed by atoms with Gasteiger partial charge in [0.15, 0.2) is 6.29 Å². The molecular weight excluding hydrogens is 364 g/mol. The molecule has 1 heterocycles. The van der Waals surface area contributed by atoms with Gasteiger partial charge in [0.1, 0.15) is 36.8 Å². The molecule has 3 rings (SSSR count). The predicted octanol–water partition coefficient (Wildman–Crippen LogP) is 1.24. The van der Waals surface area contributed by atoms with Crippen molar-refractivity contribution in [2.45, 2.75) is 43.9 Å². The van der Waals surface area contributed by atoms with Crippen LogP contribution in [0.1, 0.15) is 11.1 Å². The smallest absolute Gasteiger partial charge is 0.186 e. The van der Waals surface area contributed by atoms with E-state index in [2.05, 4.69) is 0 Å². The lowest BCUT2D eigenvalue weighted by Crippen LogP contribution is -2.59. The normalized spacial score (nSPS) is 27.5. The molecule has 1 saturated heterocycles. The van der Waals surface area contributed by atoms with Crippen LogP contribution in [0.25, 0.3) is 0 Å². The summed E-state index contributed by atoms with van der Waals surface area (Å²) in [6.07, 6.45) is -5.17. The van der Waals surface area contributed by atoms with E-state index in [1.807, 2.05) is 54.6 Å². The van der Waals surface area contributed by atoms with E-state index >= 15 is 0 Å². The molecule has 1 aliphatic heterocycles. The van der Waals surface area contributed by atoms with Crippen LogP contribution in [-0.4, -0.2) is 59.7 Å². The zero-order valence-electron chi connectivity index (χ0n) is 15.7. The number of aliphatic hydroxyl groups is 3. The molecule has 5 atom stereocenters. The average Bonchev–Trinajstić information content (AvgIpc) is 2.74. The van der Waals surface area contributed by atoms with Crippen molar-refractivity contribution < 1.29 is 34.3 Å². The Morgan fingerprint density at radius 3 is 2.21 bits per heavy atom. The summed E-state index contributed by atoms with van der Waals surface area (Å²) in [5, 5.41) is 29.5. The van der Waals surface area contributed by atoms with Gasteiger partial charge in [-0.3, -0.25) is 0 Å². The molecule has 7 heteroatoms. The highest BCUT2D eigenvalue weighted by atomic mass is 16.7. The standard InChI is InChI=1S/C21H26O7/c1-25-21-20(19(24)18(23)17(11-22)28-21)27-13-15-7-9-16(10-8-15)26-12-14-5-3-2-4-6-14/h2-10,17-24H,11-13H2,1H3/t17-,18-,19+,20-,21-/m1/s1. The van der Waals surface area contributed by atoms with E-state index in [9.17, 15) is 15.3 Å². The van der Waals surface area contributed by atoms with Gasteiger partial charge in [0.05, 0.1) is 13.2 Å². The second kappa shape index (κ2) is 9.97. The van der Waals surface area contributed by atoms with Crippen molar-refractivity contribution in [2.75, 3.05) is 13.7 Å². The Balaban J connectivity index is 1.53. The number of ether oxygens (including phenoxy) is 4. The minimum absolute atomic E-state index is 0.195. The molecule has 3 N–H and O–H groups in total.